The van der Waals surface area contributed by atoms with Gasteiger partial charge >= 0.3 is 0 Å². The predicted octanol–water partition coefficient (Wildman–Crippen LogP) is -0.251. The number of nitrogens with zero attached hydrogens (tertiary/aromatic N) is 2. The summed E-state index contributed by atoms with van der Waals surface area (Å²) in [5.74, 6) is -0.0676. The number of carbonyl (C=O) groups excluding carboxylic acids is 1. The second-order valence-electron chi connectivity index (χ2n) is 5.82. The van der Waals surface area contributed by atoms with Crippen molar-refractivity contribution in [1.82, 2.24) is 9.80 Å². The average molecular weight is 289 g/mol. The molecule has 0 aromatic rings. The van der Waals surface area contributed by atoms with Gasteiger partial charge < -0.3 is 9.80 Å². The van der Waals surface area contributed by atoms with E-state index in [2.05, 4.69) is 18.7 Å². The van der Waals surface area contributed by atoms with E-state index in [0.29, 0.717) is 6.04 Å². The summed E-state index contributed by atoms with van der Waals surface area (Å²) >= 11 is 0. The maximum absolute atomic E-state index is 11.9. The molecule has 2 saturated heterocycles. The zero-order chi connectivity index (χ0) is 14.2. The van der Waals surface area contributed by atoms with E-state index in [1.54, 1.807) is 4.90 Å². The Morgan fingerprint density at radius 2 is 1.84 bits per heavy atom. The highest BCUT2D eigenvalue weighted by Gasteiger charge is 2.40. The Balaban J connectivity index is 1.95. The lowest BCUT2D eigenvalue weighted by Crippen LogP contribution is -2.47. The Kier molecular flexibility index (Phi) is 4.17. The summed E-state index contributed by atoms with van der Waals surface area (Å²) in [6.45, 7) is 6.53. The first kappa shape index (κ1) is 14.7. The van der Waals surface area contributed by atoms with E-state index < -0.39 is 15.3 Å². The number of rotatable bonds is 3. The Morgan fingerprint density at radius 3 is 2.26 bits per heavy atom. The maximum atomic E-state index is 11.9. The van der Waals surface area contributed by atoms with Crippen LogP contribution in [0.5, 0.6) is 0 Å². The fourth-order valence-electron chi connectivity index (χ4n) is 2.98. The van der Waals surface area contributed by atoms with Crippen molar-refractivity contribution in [2.24, 2.45) is 5.14 Å². The monoisotopic (exact) mass is 289 g/mol. The number of carbonyl (C=O) groups is 1. The predicted molar refractivity (Wildman–Crippen MR) is 73.0 cm³/mol. The molecule has 1 atom stereocenters. The van der Waals surface area contributed by atoms with Gasteiger partial charge in [0, 0.05) is 38.1 Å². The number of sulfonamides is 1. The first-order valence-electron chi connectivity index (χ1n) is 6.84. The van der Waals surface area contributed by atoms with Crippen molar-refractivity contribution < 1.29 is 13.2 Å². The molecule has 2 rings (SSSR count). The molecule has 0 saturated carbocycles. The second-order valence-corrected chi connectivity index (χ2v) is 7.67. The third-order valence-corrected chi connectivity index (χ3v) is 5.50. The van der Waals surface area contributed by atoms with Crippen LogP contribution < -0.4 is 5.14 Å². The molecule has 6 nitrogen and oxygen atoms in total. The van der Waals surface area contributed by atoms with Crippen LogP contribution in [-0.4, -0.2) is 61.1 Å². The lowest BCUT2D eigenvalue weighted by atomic mass is 10.0. The van der Waals surface area contributed by atoms with Crippen LogP contribution in [-0.2, 0) is 14.8 Å². The van der Waals surface area contributed by atoms with Gasteiger partial charge in [-0.15, -0.1) is 0 Å². The Morgan fingerprint density at radius 1 is 1.26 bits per heavy atom. The minimum absolute atomic E-state index is 0.0449. The van der Waals surface area contributed by atoms with Gasteiger partial charge in [-0.25, -0.2) is 13.6 Å². The van der Waals surface area contributed by atoms with Crippen LogP contribution in [0.4, 0.5) is 0 Å². The van der Waals surface area contributed by atoms with E-state index in [1.807, 2.05) is 0 Å². The summed E-state index contributed by atoms with van der Waals surface area (Å²) in [5.41, 5.74) is 0. The SMILES string of the molecule is CC(C)N1CCC(N2CC(S(N)(=O)=O)CC2=O)CC1. The van der Waals surface area contributed by atoms with Crippen molar-refractivity contribution in [2.45, 2.75) is 50.4 Å². The van der Waals surface area contributed by atoms with E-state index in [9.17, 15) is 13.2 Å². The summed E-state index contributed by atoms with van der Waals surface area (Å²) in [6.07, 6.45) is 1.88. The molecule has 0 aliphatic carbocycles. The molecule has 19 heavy (non-hydrogen) atoms. The molecule has 0 radical (unpaired) electrons. The van der Waals surface area contributed by atoms with Gasteiger partial charge in [0.2, 0.25) is 15.9 Å². The van der Waals surface area contributed by atoms with Gasteiger partial charge in [0.25, 0.3) is 0 Å². The summed E-state index contributed by atoms with van der Waals surface area (Å²) < 4.78 is 22.7. The lowest BCUT2D eigenvalue weighted by Gasteiger charge is -2.38. The molecule has 0 aromatic heterocycles. The number of hydrogen-bond donors (Lipinski definition) is 1. The van der Waals surface area contributed by atoms with Crippen molar-refractivity contribution in [1.29, 1.82) is 0 Å². The van der Waals surface area contributed by atoms with Crippen molar-refractivity contribution in [3.8, 4) is 0 Å². The highest BCUT2D eigenvalue weighted by Crippen LogP contribution is 2.25. The van der Waals surface area contributed by atoms with E-state index in [0.717, 1.165) is 25.9 Å². The Labute approximate surface area is 115 Å². The number of likely N-dealkylation sites (tertiary alicyclic amines) is 2. The topological polar surface area (TPSA) is 83.7 Å². The van der Waals surface area contributed by atoms with E-state index in [-0.39, 0.29) is 24.9 Å². The maximum Gasteiger partial charge on any atom is 0.224 e. The van der Waals surface area contributed by atoms with E-state index in [1.165, 1.54) is 0 Å². The first-order chi connectivity index (χ1) is 8.79. The molecule has 2 fully saturated rings. The molecule has 110 valence electrons. The normalized spacial score (nSPS) is 27.5. The molecule has 0 spiro atoms. The van der Waals surface area contributed by atoms with Gasteiger partial charge in [0.05, 0.1) is 0 Å². The number of hydrogen-bond acceptors (Lipinski definition) is 4. The summed E-state index contributed by atoms with van der Waals surface area (Å²) in [6, 6.07) is 0.696. The van der Waals surface area contributed by atoms with Gasteiger partial charge in [0.1, 0.15) is 5.25 Å². The van der Waals surface area contributed by atoms with E-state index >= 15 is 0 Å². The van der Waals surface area contributed by atoms with Crippen molar-refractivity contribution in [3.63, 3.8) is 0 Å². The van der Waals surface area contributed by atoms with Crippen LogP contribution in [0.3, 0.4) is 0 Å². The highest BCUT2D eigenvalue weighted by molar-refractivity contribution is 7.89. The molecule has 2 aliphatic heterocycles. The first-order valence-corrected chi connectivity index (χ1v) is 8.45. The molecule has 1 unspecified atom stereocenters. The summed E-state index contributed by atoms with van der Waals surface area (Å²) in [5, 5.41) is 4.42. The van der Waals surface area contributed by atoms with E-state index in [4.69, 9.17) is 5.14 Å². The third kappa shape index (κ3) is 3.27. The van der Waals surface area contributed by atoms with Crippen LogP contribution in [0.25, 0.3) is 0 Å². The zero-order valence-corrected chi connectivity index (χ0v) is 12.4. The number of amides is 1. The van der Waals surface area contributed by atoms with Gasteiger partial charge in [-0.3, -0.25) is 4.79 Å². The summed E-state index contributed by atoms with van der Waals surface area (Å²) in [7, 11) is -3.60. The van der Waals surface area contributed by atoms with Gasteiger partial charge in [-0.05, 0) is 26.7 Å². The number of nitrogens with two attached hydrogens (primary N) is 1. The molecule has 2 N–H and O–H groups in total. The van der Waals surface area contributed by atoms with Crippen LogP contribution in [0.2, 0.25) is 0 Å². The molecule has 2 aliphatic rings. The Hall–Kier alpha value is -0.660. The standard InChI is InChI=1S/C12H23N3O3S/c1-9(2)14-5-3-10(4-6-14)15-8-11(7-12(15)16)19(13,17)18/h9-11H,3-8H2,1-2H3,(H2,13,17,18). The largest absolute Gasteiger partial charge is 0.338 e. The fraction of sp³-hybridized carbons (Fsp3) is 0.917. The second kappa shape index (κ2) is 5.38. The molecule has 7 heteroatoms. The van der Waals surface area contributed by atoms with Gasteiger partial charge in [-0.1, -0.05) is 0 Å². The molecule has 0 aromatic carbocycles. The smallest absolute Gasteiger partial charge is 0.224 e. The summed E-state index contributed by atoms with van der Waals surface area (Å²) in [4.78, 5) is 16.1. The minimum Gasteiger partial charge on any atom is -0.338 e. The van der Waals surface area contributed by atoms with Crippen molar-refractivity contribution in [2.75, 3.05) is 19.6 Å². The van der Waals surface area contributed by atoms with Gasteiger partial charge in [-0.2, -0.15) is 0 Å². The Bertz CT molecular complexity index is 441. The molecule has 1 amide bonds. The third-order valence-electron chi connectivity index (χ3n) is 4.26. The molecular formula is C12H23N3O3S. The molecule has 2 heterocycles. The average Bonchev–Trinajstić information content (AvgIpc) is 2.71. The molecular weight excluding hydrogens is 266 g/mol. The molecule has 0 bridgehead atoms. The van der Waals surface area contributed by atoms with Crippen molar-refractivity contribution >= 4 is 15.9 Å². The van der Waals surface area contributed by atoms with Crippen LogP contribution in [0, 0.1) is 0 Å². The highest BCUT2D eigenvalue weighted by atomic mass is 32.2. The number of primary sulfonamides is 1. The lowest BCUT2D eigenvalue weighted by molar-refractivity contribution is -0.130. The quantitative estimate of drug-likeness (QED) is 0.776. The van der Waals surface area contributed by atoms with Crippen molar-refractivity contribution in [3.05, 3.63) is 0 Å². The van der Waals surface area contributed by atoms with Gasteiger partial charge in [0.15, 0.2) is 0 Å². The van der Waals surface area contributed by atoms with Crippen LogP contribution in [0.1, 0.15) is 33.1 Å². The number of piperidine rings is 1. The van der Waals surface area contributed by atoms with Crippen LogP contribution in [0.15, 0.2) is 0 Å². The van der Waals surface area contributed by atoms with Crippen LogP contribution >= 0.6 is 0 Å². The fourth-order valence-corrected chi connectivity index (χ4v) is 3.73. The minimum atomic E-state index is -3.60. The zero-order valence-electron chi connectivity index (χ0n) is 11.6.